The van der Waals surface area contributed by atoms with E-state index in [0.717, 1.165) is 26.1 Å². The van der Waals surface area contributed by atoms with Crippen LogP contribution >= 0.6 is 33.5 Å². The van der Waals surface area contributed by atoms with Gasteiger partial charge in [0.1, 0.15) is 0 Å². The highest BCUT2D eigenvalue weighted by molar-refractivity contribution is 8.76. The molecule has 0 unspecified atom stereocenters. The Bertz CT molecular complexity index is 687. The molecule has 0 aromatic heterocycles. The maximum atomic E-state index is 12.5. The number of carbonyl (C=O) groups excluding carboxylic acids is 2. The van der Waals surface area contributed by atoms with E-state index < -0.39 is 23.3 Å². The van der Waals surface area contributed by atoms with Gasteiger partial charge in [-0.3, -0.25) is 4.84 Å². The van der Waals surface area contributed by atoms with E-state index in [1.54, 1.807) is 24.3 Å². The Labute approximate surface area is 166 Å². The number of hydrogen-bond donors (Lipinski definition) is 0. The number of nitrogens with zero attached hydrogens (tertiary/aromatic N) is 2. The Hall–Kier alpha value is -1.53. The first-order chi connectivity index (χ1) is 12.7. The zero-order valence-corrected chi connectivity index (χ0v) is 17.1. The van der Waals surface area contributed by atoms with E-state index in [2.05, 4.69) is 9.99 Å². The number of ether oxygens (including phenoxy) is 1. The van der Waals surface area contributed by atoms with Gasteiger partial charge in [0.2, 0.25) is 5.04 Å². The van der Waals surface area contributed by atoms with E-state index >= 15 is 0 Å². The molecule has 0 aliphatic heterocycles. The van der Waals surface area contributed by atoms with Crippen LogP contribution in [0, 0.1) is 0 Å². The fraction of sp³-hybridized carbons (Fsp3) is 0.400. The van der Waals surface area contributed by atoms with E-state index in [1.165, 1.54) is 13.3 Å². The Kier molecular flexibility index (Phi) is 9.88. The quantitative estimate of drug-likeness (QED) is 0.109. The van der Waals surface area contributed by atoms with Crippen LogP contribution in [-0.4, -0.2) is 47.5 Å². The van der Waals surface area contributed by atoms with Crippen LogP contribution in [0.5, 0.6) is 0 Å². The molecule has 0 saturated carbocycles. The largest absolute Gasteiger partial charge is 0.462 e. The van der Waals surface area contributed by atoms with Gasteiger partial charge in [-0.1, -0.05) is 24.2 Å². The lowest BCUT2D eigenvalue weighted by Crippen LogP contribution is -2.23. The van der Waals surface area contributed by atoms with Gasteiger partial charge < -0.3 is 4.74 Å². The summed E-state index contributed by atoms with van der Waals surface area (Å²) in [5.74, 6) is -0.495. The molecule has 0 radical (unpaired) electrons. The van der Waals surface area contributed by atoms with Gasteiger partial charge in [-0.05, 0) is 35.6 Å². The van der Waals surface area contributed by atoms with Crippen molar-refractivity contribution in [2.24, 2.45) is 5.16 Å². The predicted molar refractivity (Wildman–Crippen MR) is 102 cm³/mol. The average molecular weight is 443 g/mol. The van der Waals surface area contributed by atoms with Crippen molar-refractivity contribution in [2.45, 2.75) is 24.4 Å². The lowest BCUT2D eigenvalue weighted by molar-refractivity contribution is -0.0575. The van der Waals surface area contributed by atoms with Gasteiger partial charge in [0, 0.05) is 22.9 Å². The summed E-state index contributed by atoms with van der Waals surface area (Å²) in [4.78, 5) is 28.6. The van der Waals surface area contributed by atoms with Crippen molar-refractivity contribution in [3.05, 3.63) is 29.8 Å². The third-order valence-corrected chi connectivity index (χ3v) is 5.79. The van der Waals surface area contributed by atoms with Crippen molar-refractivity contribution < 1.29 is 32.3 Å². The van der Waals surface area contributed by atoms with Gasteiger partial charge in [-0.2, -0.15) is 13.2 Å². The molecule has 0 aliphatic rings. The summed E-state index contributed by atoms with van der Waals surface area (Å²) in [7, 11) is 3.23. The molecule has 0 saturated heterocycles. The van der Waals surface area contributed by atoms with E-state index in [1.807, 2.05) is 6.92 Å². The summed E-state index contributed by atoms with van der Waals surface area (Å²) in [5.41, 5.74) is 0.324. The summed E-state index contributed by atoms with van der Waals surface area (Å²) in [6.07, 6.45) is -3.93. The molecular formula is C15H17F3N2O4S3. The minimum absolute atomic E-state index is 0.284. The van der Waals surface area contributed by atoms with Crippen LogP contribution in [0.1, 0.15) is 23.7 Å². The number of rotatable bonds is 7. The summed E-state index contributed by atoms with van der Waals surface area (Å²) < 4.78 is 43.7. The van der Waals surface area contributed by atoms with Gasteiger partial charge in [-0.15, -0.1) is 11.8 Å². The number of amides is 1. The van der Waals surface area contributed by atoms with Crippen molar-refractivity contribution in [2.75, 3.05) is 19.9 Å². The van der Waals surface area contributed by atoms with Crippen LogP contribution in [0.2, 0.25) is 0 Å². The van der Waals surface area contributed by atoms with Gasteiger partial charge in [0.15, 0.2) is 0 Å². The maximum absolute atomic E-state index is 12.5. The van der Waals surface area contributed by atoms with Crippen LogP contribution in [0.15, 0.2) is 34.3 Å². The molecule has 27 heavy (non-hydrogen) atoms. The Morgan fingerprint density at radius 3 is 2.52 bits per heavy atom. The van der Waals surface area contributed by atoms with Crippen molar-refractivity contribution in [1.82, 2.24) is 4.31 Å². The number of esters is 1. The maximum Gasteiger partial charge on any atom is 0.446 e. The van der Waals surface area contributed by atoms with Gasteiger partial charge >= 0.3 is 18.2 Å². The molecule has 0 fully saturated rings. The predicted octanol–water partition coefficient (Wildman–Crippen LogP) is 5.22. The van der Waals surface area contributed by atoms with Crippen molar-refractivity contribution in [1.29, 1.82) is 0 Å². The van der Waals surface area contributed by atoms with Gasteiger partial charge in [-0.25, -0.2) is 13.9 Å². The number of carbonyl (C=O) groups is 2. The second-order valence-electron chi connectivity index (χ2n) is 4.74. The van der Waals surface area contributed by atoms with Crippen LogP contribution in [-0.2, 0) is 9.57 Å². The Morgan fingerprint density at radius 1 is 1.26 bits per heavy atom. The zero-order chi connectivity index (χ0) is 20.4. The molecular weight excluding hydrogens is 425 g/mol. The van der Waals surface area contributed by atoms with Crippen molar-refractivity contribution in [3.63, 3.8) is 0 Å². The molecule has 1 amide bonds. The highest BCUT2D eigenvalue weighted by Crippen LogP contribution is 2.36. The van der Waals surface area contributed by atoms with E-state index in [-0.39, 0.29) is 6.61 Å². The number of halogens is 3. The fourth-order valence-corrected chi connectivity index (χ4v) is 3.65. The molecule has 1 aromatic carbocycles. The van der Waals surface area contributed by atoms with Crippen LogP contribution in [0.4, 0.5) is 18.0 Å². The number of thioether (sulfide) groups is 1. The van der Waals surface area contributed by atoms with Gasteiger partial charge in [0.05, 0.1) is 12.2 Å². The summed E-state index contributed by atoms with van der Waals surface area (Å²) in [5, 5.41) is 1.56. The topological polar surface area (TPSA) is 68.2 Å². The Morgan fingerprint density at radius 2 is 1.93 bits per heavy atom. The number of alkyl halides is 3. The molecule has 0 heterocycles. The lowest BCUT2D eigenvalue weighted by Gasteiger charge is -2.14. The number of hydrogen-bond acceptors (Lipinski definition) is 8. The second-order valence-corrected chi connectivity index (χ2v) is 7.79. The standard InChI is InChI=1S/C15H17F3N2O4S3/c1-4-9-23-12(21)10-7-5-6-8-11(10)26-27-20(2)14(22)24-19-13(25-3)15(16,17)18/h5-8H,4,9H2,1-3H3. The highest BCUT2D eigenvalue weighted by atomic mass is 33.1. The minimum atomic E-state index is -4.70. The third-order valence-electron chi connectivity index (χ3n) is 2.68. The van der Waals surface area contributed by atoms with E-state index in [4.69, 9.17) is 4.74 Å². The SMILES string of the molecule is CCCOC(=O)c1ccccc1SSN(C)C(=O)ON=C(SC)C(F)(F)F. The van der Waals surface area contributed by atoms with E-state index in [0.29, 0.717) is 28.6 Å². The van der Waals surface area contributed by atoms with Crippen molar-refractivity contribution >= 4 is 50.6 Å². The molecule has 12 heteroatoms. The Balaban J connectivity index is 2.69. The highest BCUT2D eigenvalue weighted by Gasteiger charge is 2.36. The summed E-state index contributed by atoms with van der Waals surface area (Å²) >= 11 is 0.318. The number of oxime groups is 1. The summed E-state index contributed by atoms with van der Waals surface area (Å²) in [6, 6.07) is 6.62. The minimum Gasteiger partial charge on any atom is -0.462 e. The molecule has 1 rings (SSSR count). The lowest BCUT2D eigenvalue weighted by atomic mass is 10.2. The molecule has 6 nitrogen and oxygen atoms in total. The molecule has 0 aliphatic carbocycles. The molecule has 0 spiro atoms. The first-order valence-electron chi connectivity index (χ1n) is 7.45. The molecule has 0 bridgehead atoms. The second kappa shape index (κ2) is 11.3. The van der Waals surface area contributed by atoms with Crippen LogP contribution < -0.4 is 0 Å². The zero-order valence-electron chi connectivity index (χ0n) is 14.6. The first kappa shape index (κ1) is 23.5. The smallest absolute Gasteiger partial charge is 0.446 e. The first-order valence-corrected chi connectivity index (χ1v) is 10.8. The normalized spacial score (nSPS) is 11.9. The molecule has 0 atom stereocenters. The molecule has 0 N–H and O–H groups in total. The van der Waals surface area contributed by atoms with E-state index in [9.17, 15) is 22.8 Å². The van der Waals surface area contributed by atoms with Crippen LogP contribution in [0.25, 0.3) is 0 Å². The van der Waals surface area contributed by atoms with Crippen LogP contribution in [0.3, 0.4) is 0 Å². The van der Waals surface area contributed by atoms with Crippen molar-refractivity contribution in [3.8, 4) is 0 Å². The molecule has 1 aromatic rings. The monoisotopic (exact) mass is 442 g/mol. The van der Waals surface area contributed by atoms with Gasteiger partial charge in [0.25, 0.3) is 0 Å². The fourth-order valence-electron chi connectivity index (χ4n) is 1.45. The third kappa shape index (κ3) is 7.93. The average Bonchev–Trinajstić information content (AvgIpc) is 2.63. The summed E-state index contributed by atoms with van der Waals surface area (Å²) in [6.45, 7) is 2.15. The number of benzene rings is 1. The molecule has 150 valence electrons.